The van der Waals surface area contributed by atoms with Gasteiger partial charge in [-0.25, -0.2) is 0 Å². The standard InChI is InChI=1S/C35H48ClN3/c1-7-8-9-10-12-17-33(30-15-13-11-14-16-30)26-39-22-20-29(21-23-39)24-32-19-18-31(25-34(32)36)28(2)37-27-35(3,4)38(5)6/h7-16,18-19,25,29,33,37H,1-2,17,20-24,26-27H2,3-6H3/b9-8-,12-10-. The van der Waals surface area contributed by atoms with Crippen LogP contribution < -0.4 is 5.32 Å². The SMILES string of the molecule is C=C/C=C\C=C/CC(CN1CCC(Cc2ccc(C(=C)NCC(C)(C)N(C)C)cc2Cl)CC1)c1ccccc1. The minimum absolute atomic E-state index is 0.0438. The lowest BCUT2D eigenvalue weighted by Gasteiger charge is -2.34. The highest BCUT2D eigenvalue weighted by Crippen LogP contribution is 2.29. The molecule has 3 nitrogen and oxygen atoms in total. The number of nitrogens with zero attached hydrogens (tertiary/aromatic N) is 2. The zero-order valence-corrected chi connectivity index (χ0v) is 25.3. The van der Waals surface area contributed by atoms with Gasteiger partial charge >= 0.3 is 0 Å². The minimum atomic E-state index is 0.0438. The zero-order valence-electron chi connectivity index (χ0n) is 24.5. The molecule has 4 heteroatoms. The molecule has 0 bridgehead atoms. The average Bonchev–Trinajstić information content (AvgIpc) is 2.93. The second kappa shape index (κ2) is 15.3. The van der Waals surface area contributed by atoms with Crippen LogP contribution in [0.3, 0.4) is 0 Å². The lowest BCUT2D eigenvalue weighted by atomic mass is 9.88. The maximum atomic E-state index is 6.77. The molecular weight excluding hydrogens is 498 g/mol. The molecule has 3 rings (SSSR count). The number of allylic oxidation sites excluding steroid dienone is 5. The van der Waals surface area contributed by atoms with Crippen LogP contribution in [0, 0.1) is 5.92 Å². The summed E-state index contributed by atoms with van der Waals surface area (Å²) in [5.41, 5.74) is 4.70. The van der Waals surface area contributed by atoms with Crippen LogP contribution in [0.25, 0.3) is 5.70 Å². The van der Waals surface area contributed by atoms with Gasteiger partial charge in [-0.1, -0.05) is 97.6 Å². The number of hydrogen-bond donors (Lipinski definition) is 1. The highest BCUT2D eigenvalue weighted by Gasteiger charge is 2.23. The molecule has 1 saturated heterocycles. The third-order valence-corrected chi connectivity index (χ3v) is 8.58. The zero-order chi connectivity index (χ0) is 28.3. The summed E-state index contributed by atoms with van der Waals surface area (Å²) >= 11 is 6.77. The van der Waals surface area contributed by atoms with Gasteiger partial charge in [0.05, 0.1) is 0 Å². The fourth-order valence-corrected chi connectivity index (χ4v) is 5.24. The van der Waals surface area contributed by atoms with E-state index < -0.39 is 0 Å². The summed E-state index contributed by atoms with van der Waals surface area (Å²) in [7, 11) is 4.20. The predicted molar refractivity (Wildman–Crippen MR) is 171 cm³/mol. The molecular formula is C35H48ClN3. The third kappa shape index (κ3) is 9.83. The van der Waals surface area contributed by atoms with E-state index in [1.807, 2.05) is 12.2 Å². The molecule has 1 fully saturated rings. The van der Waals surface area contributed by atoms with E-state index in [9.17, 15) is 0 Å². The number of likely N-dealkylation sites (tertiary alicyclic amines) is 1. The molecule has 0 spiro atoms. The van der Waals surface area contributed by atoms with Gasteiger partial charge in [0.25, 0.3) is 0 Å². The summed E-state index contributed by atoms with van der Waals surface area (Å²) < 4.78 is 0. The first-order valence-corrected chi connectivity index (χ1v) is 14.7. The van der Waals surface area contributed by atoms with Crippen molar-refractivity contribution in [2.75, 3.05) is 40.3 Å². The molecule has 0 saturated carbocycles. The molecule has 0 radical (unpaired) electrons. The number of hydrogen-bond acceptors (Lipinski definition) is 3. The molecule has 0 aromatic heterocycles. The molecule has 2 aromatic carbocycles. The maximum Gasteiger partial charge on any atom is 0.0444 e. The minimum Gasteiger partial charge on any atom is -0.383 e. The molecule has 0 amide bonds. The number of nitrogens with one attached hydrogen (secondary N) is 1. The summed E-state index contributed by atoms with van der Waals surface area (Å²) in [5.74, 6) is 1.18. The monoisotopic (exact) mass is 545 g/mol. The van der Waals surface area contributed by atoms with Crippen molar-refractivity contribution in [1.82, 2.24) is 15.1 Å². The molecule has 2 aromatic rings. The van der Waals surface area contributed by atoms with Crippen molar-refractivity contribution < 1.29 is 0 Å². The maximum absolute atomic E-state index is 6.77. The molecule has 1 N–H and O–H groups in total. The number of piperidine rings is 1. The van der Waals surface area contributed by atoms with Crippen LogP contribution in [-0.4, -0.2) is 55.6 Å². The number of rotatable bonds is 14. The Labute approximate surface area is 242 Å². The smallest absolute Gasteiger partial charge is 0.0444 e. The van der Waals surface area contributed by atoms with Gasteiger partial charge in [-0.3, -0.25) is 0 Å². The second-order valence-corrected chi connectivity index (χ2v) is 12.1. The Morgan fingerprint density at radius 2 is 1.82 bits per heavy atom. The predicted octanol–water partition coefficient (Wildman–Crippen LogP) is 7.97. The van der Waals surface area contributed by atoms with E-state index in [1.54, 1.807) is 0 Å². The number of halogens is 1. The van der Waals surface area contributed by atoms with Gasteiger partial charge in [-0.15, -0.1) is 0 Å². The summed E-state index contributed by atoms with van der Waals surface area (Å²) in [6.45, 7) is 16.6. The van der Waals surface area contributed by atoms with E-state index in [1.165, 1.54) is 24.0 Å². The van der Waals surface area contributed by atoms with Crippen LogP contribution in [0.1, 0.15) is 55.7 Å². The lowest BCUT2D eigenvalue weighted by molar-refractivity contribution is 0.174. The van der Waals surface area contributed by atoms with Crippen LogP contribution in [0.15, 0.2) is 92.1 Å². The van der Waals surface area contributed by atoms with Crippen molar-refractivity contribution in [2.24, 2.45) is 5.92 Å². The van der Waals surface area contributed by atoms with Gasteiger partial charge in [0.15, 0.2) is 0 Å². The van der Waals surface area contributed by atoms with Crippen molar-refractivity contribution in [3.63, 3.8) is 0 Å². The molecule has 0 aliphatic carbocycles. The molecule has 1 heterocycles. The van der Waals surface area contributed by atoms with Crippen LogP contribution in [-0.2, 0) is 6.42 Å². The van der Waals surface area contributed by atoms with E-state index in [4.69, 9.17) is 11.6 Å². The first kappa shape index (κ1) is 30.9. The van der Waals surface area contributed by atoms with Crippen LogP contribution in [0.2, 0.25) is 5.02 Å². The molecule has 1 atom stereocenters. The topological polar surface area (TPSA) is 18.5 Å². The van der Waals surface area contributed by atoms with Crippen molar-refractivity contribution in [3.05, 3.63) is 114 Å². The highest BCUT2D eigenvalue weighted by molar-refractivity contribution is 6.31. The van der Waals surface area contributed by atoms with Crippen molar-refractivity contribution in [2.45, 2.75) is 51.0 Å². The van der Waals surface area contributed by atoms with Crippen molar-refractivity contribution >= 4 is 17.3 Å². The fraction of sp³-hybridized carbons (Fsp3) is 0.429. The van der Waals surface area contributed by atoms with Crippen molar-refractivity contribution in [1.29, 1.82) is 0 Å². The molecule has 210 valence electrons. The lowest BCUT2D eigenvalue weighted by Crippen LogP contribution is -2.46. The van der Waals surface area contributed by atoms with Gasteiger partial charge < -0.3 is 15.1 Å². The van der Waals surface area contributed by atoms with Crippen LogP contribution in [0.5, 0.6) is 0 Å². The highest BCUT2D eigenvalue weighted by atomic mass is 35.5. The Kier molecular flexibility index (Phi) is 12.1. The first-order valence-electron chi connectivity index (χ1n) is 14.3. The summed E-state index contributed by atoms with van der Waals surface area (Å²) in [6.07, 6.45) is 14.8. The Morgan fingerprint density at radius 1 is 1.10 bits per heavy atom. The Balaban J connectivity index is 1.52. The largest absolute Gasteiger partial charge is 0.383 e. The summed E-state index contributed by atoms with van der Waals surface area (Å²) in [4.78, 5) is 4.87. The quantitative estimate of drug-likeness (QED) is 0.243. The van der Waals surface area contributed by atoms with Gasteiger partial charge in [0, 0.05) is 35.3 Å². The average molecular weight is 546 g/mol. The van der Waals surface area contributed by atoms with Gasteiger partial charge in [0.2, 0.25) is 0 Å². The number of benzene rings is 2. The van der Waals surface area contributed by atoms with E-state index >= 15 is 0 Å². The van der Waals surface area contributed by atoms with E-state index in [0.29, 0.717) is 11.8 Å². The Bertz CT molecular complexity index is 1110. The Hall–Kier alpha value is -2.59. The van der Waals surface area contributed by atoms with Crippen LogP contribution >= 0.6 is 11.6 Å². The molecule has 1 unspecified atom stereocenters. The molecule has 1 aliphatic heterocycles. The fourth-order valence-electron chi connectivity index (χ4n) is 4.98. The van der Waals surface area contributed by atoms with E-state index in [2.05, 4.69) is 123 Å². The summed E-state index contributed by atoms with van der Waals surface area (Å²) in [5, 5.41) is 4.34. The number of likely N-dealkylation sites (N-methyl/N-ethyl adjacent to an activating group) is 1. The van der Waals surface area contributed by atoms with E-state index in [-0.39, 0.29) is 5.54 Å². The molecule has 39 heavy (non-hydrogen) atoms. The normalized spacial score (nSPS) is 16.3. The molecule has 1 aliphatic rings. The first-order chi connectivity index (χ1) is 18.7. The second-order valence-electron chi connectivity index (χ2n) is 11.7. The van der Waals surface area contributed by atoms with Gasteiger partial charge in [-0.2, -0.15) is 0 Å². The third-order valence-electron chi connectivity index (χ3n) is 8.23. The van der Waals surface area contributed by atoms with Gasteiger partial charge in [0.1, 0.15) is 0 Å². The van der Waals surface area contributed by atoms with Gasteiger partial charge in [-0.05, 0) is 95.4 Å². The van der Waals surface area contributed by atoms with Crippen molar-refractivity contribution in [3.8, 4) is 0 Å². The van der Waals surface area contributed by atoms with E-state index in [0.717, 1.165) is 55.3 Å². The van der Waals surface area contributed by atoms with Crippen LogP contribution in [0.4, 0.5) is 0 Å². The Morgan fingerprint density at radius 3 is 2.46 bits per heavy atom. The summed E-state index contributed by atoms with van der Waals surface area (Å²) in [6, 6.07) is 17.4.